The van der Waals surface area contributed by atoms with Crippen LogP contribution in [0.5, 0.6) is 0 Å². The van der Waals surface area contributed by atoms with Crippen LogP contribution in [0.1, 0.15) is 39.4 Å². The lowest BCUT2D eigenvalue weighted by Gasteiger charge is -2.11. The molecule has 22 heavy (non-hydrogen) atoms. The highest BCUT2D eigenvalue weighted by atomic mass is 16.3. The number of carbonyl (C=O) groups excluding carboxylic acids is 1. The molecule has 0 aliphatic heterocycles. The molecule has 0 bridgehead atoms. The van der Waals surface area contributed by atoms with Gasteiger partial charge in [-0.25, -0.2) is 4.99 Å². The van der Waals surface area contributed by atoms with Gasteiger partial charge in [-0.2, -0.15) is 0 Å². The summed E-state index contributed by atoms with van der Waals surface area (Å²) >= 11 is 0. The fourth-order valence-corrected chi connectivity index (χ4v) is 1.86. The highest BCUT2D eigenvalue weighted by Gasteiger charge is 2.03. The summed E-state index contributed by atoms with van der Waals surface area (Å²) in [6.45, 7) is 8.54. The van der Waals surface area contributed by atoms with Gasteiger partial charge in [-0.1, -0.05) is 13.8 Å². The van der Waals surface area contributed by atoms with Crippen molar-refractivity contribution >= 4 is 11.9 Å². The van der Waals surface area contributed by atoms with E-state index in [0.717, 1.165) is 25.3 Å². The van der Waals surface area contributed by atoms with Gasteiger partial charge in [-0.3, -0.25) is 4.79 Å². The number of rotatable bonds is 9. The minimum Gasteiger partial charge on any atom is -0.467 e. The van der Waals surface area contributed by atoms with Crippen molar-refractivity contribution in [1.29, 1.82) is 0 Å². The van der Waals surface area contributed by atoms with Crippen molar-refractivity contribution in [3.05, 3.63) is 24.2 Å². The van der Waals surface area contributed by atoms with E-state index in [-0.39, 0.29) is 12.5 Å². The number of nitrogens with zero attached hydrogens (tertiary/aromatic N) is 1. The normalized spacial score (nSPS) is 11.5. The summed E-state index contributed by atoms with van der Waals surface area (Å²) in [5, 5.41) is 9.15. The van der Waals surface area contributed by atoms with Crippen LogP contribution in [0.15, 0.2) is 27.8 Å². The number of guanidine groups is 1. The van der Waals surface area contributed by atoms with Crippen molar-refractivity contribution in [3.63, 3.8) is 0 Å². The molecule has 0 atom stereocenters. The second-order valence-electron chi connectivity index (χ2n) is 5.51. The molecule has 1 amide bonds. The lowest BCUT2D eigenvalue weighted by atomic mass is 10.1. The van der Waals surface area contributed by atoms with E-state index >= 15 is 0 Å². The first-order valence-electron chi connectivity index (χ1n) is 7.93. The topological polar surface area (TPSA) is 78.7 Å². The molecule has 0 radical (unpaired) electrons. The number of hydrogen-bond donors (Lipinski definition) is 3. The summed E-state index contributed by atoms with van der Waals surface area (Å²) in [6, 6.07) is 3.62. The van der Waals surface area contributed by atoms with Crippen molar-refractivity contribution in [1.82, 2.24) is 16.0 Å². The summed E-state index contributed by atoms with van der Waals surface area (Å²) < 4.78 is 5.16. The Kier molecular flexibility index (Phi) is 8.79. The van der Waals surface area contributed by atoms with Crippen LogP contribution in [0.2, 0.25) is 0 Å². The molecule has 0 aliphatic carbocycles. The Bertz CT molecular complexity index is 441. The monoisotopic (exact) mass is 308 g/mol. The summed E-state index contributed by atoms with van der Waals surface area (Å²) in [6.07, 6.45) is 3.85. The molecule has 0 aliphatic rings. The number of carbonyl (C=O) groups is 1. The van der Waals surface area contributed by atoms with E-state index in [1.165, 1.54) is 6.42 Å². The molecule has 6 nitrogen and oxygen atoms in total. The molecule has 1 rings (SSSR count). The van der Waals surface area contributed by atoms with Crippen molar-refractivity contribution in [2.75, 3.05) is 19.6 Å². The van der Waals surface area contributed by atoms with Crippen molar-refractivity contribution in [2.45, 2.75) is 40.2 Å². The van der Waals surface area contributed by atoms with E-state index < -0.39 is 0 Å². The standard InChI is InChI=1S/C16H28N4O2/c1-4-17-16(18-9-5-7-13(2)3)20-12-15(21)19-11-14-8-6-10-22-14/h6,8,10,13H,4-5,7,9,11-12H2,1-3H3,(H,19,21)(H2,17,18,20). The fourth-order valence-electron chi connectivity index (χ4n) is 1.86. The maximum atomic E-state index is 11.8. The molecule has 0 saturated carbocycles. The van der Waals surface area contributed by atoms with Crippen LogP contribution in [0, 0.1) is 5.92 Å². The van der Waals surface area contributed by atoms with E-state index in [2.05, 4.69) is 34.8 Å². The zero-order chi connectivity index (χ0) is 16.2. The summed E-state index contributed by atoms with van der Waals surface area (Å²) in [5.41, 5.74) is 0. The lowest BCUT2D eigenvalue weighted by molar-refractivity contribution is -0.119. The van der Waals surface area contributed by atoms with E-state index in [1.807, 2.05) is 13.0 Å². The highest BCUT2D eigenvalue weighted by Crippen LogP contribution is 2.01. The molecule has 0 fully saturated rings. The molecule has 0 saturated heterocycles. The third-order valence-electron chi connectivity index (χ3n) is 3.02. The van der Waals surface area contributed by atoms with Gasteiger partial charge in [-0.05, 0) is 37.8 Å². The summed E-state index contributed by atoms with van der Waals surface area (Å²) in [7, 11) is 0. The molecular formula is C16H28N4O2. The first kappa shape index (κ1) is 18.1. The van der Waals surface area contributed by atoms with Crippen molar-refractivity contribution in [2.24, 2.45) is 10.9 Å². The van der Waals surface area contributed by atoms with Gasteiger partial charge in [0.1, 0.15) is 12.3 Å². The van der Waals surface area contributed by atoms with Crippen LogP contribution in [0.25, 0.3) is 0 Å². The minimum atomic E-state index is -0.129. The number of hydrogen-bond acceptors (Lipinski definition) is 3. The van der Waals surface area contributed by atoms with Gasteiger partial charge in [0.05, 0.1) is 12.8 Å². The second kappa shape index (κ2) is 10.7. The second-order valence-corrected chi connectivity index (χ2v) is 5.51. The Balaban J connectivity index is 2.28. The van der Waals surface area contributed by atoms with Gasteiger partial charge in [-0.15, -0.1) is 0 Å². The zero-order valence-corrected chi connectivity index (χ0v) is 13.8. The molecule has 1 heterocycles. The van der Waals surface area contributed by atoms with E-state index in [9.17, 15) is 4.79 Å². The fraction of sp³-hybridized carbons (Fsp3) is 0.625. The van der Waals surface area contributed by atoms with E-state index in [0.29, 0.717) is 18.4 Å². The van der Waals surface area contributed by atoms with Gasteiger partial charge in [0.15, 0.2) is 5.96 Å². The van der Waals surface area contributed by atoms with Crippen LogP contribution < -0.4 is 16.0 Å². The molecule has 6 heteroatoms. The number of aliphatic imine (C=N–C) groups is 1. The van der Waals surface area contributed by atoms with E-state index in [4.69, 9.17) is 4.42 Å². The van der Waals surface area contributed by atoms with E-state index in [1.54, 1.807) is 12.3 Å². The van der Waals surface area contributed by atoms with Gasteiger partial charge in [0, 0.05) is 13.1 Å². The molecule has 124 valence electrons. The van der Waals surface area contributed by atoms with Crippen LogP contribution in [-0.2, 0) is 11.3 Å². The lowest BCUT2D eigenvalue weighted by Crippen LogP contribution is -2.39. The van der Waals surface area contributed by atoms with Crippen LogP contribution in [-0.4, -0.2) is 31.5 Å². The number of furan rings is 1. The van der Waals surface area contributed by atoms with Gasteiger partial charge < -0.3 is 20.4 Å². The predicted molar refractivity (Wildman–Crippen MR) is 88.6 cm³/mol. The third kappa shape index (κ3) is 8.34. The molecule has 0 aromatic carbocycles. The number of amides is 1. The SMILES string of the molecule is CCNC(=NCC(=O)NCc1ccco1)NCCCC(C)C. The summed E-state index contributed by atoms with van der Waals surface area (Å²) in [5.74, 6) is 1.99. The Hall–Kier alpha value is -1.98. The quantitative estimate of drug-likeness (QED) is 0.370. The predicted octanol–water partition coefficient (Wildman–Crippen LogP) is 1.89. The average molecular weight is 308 g/mol. The van der Waals surface area contributed by atoms with Crippen molar-refractivity contribution in [3.8, 4) is 0 Å². The molecular weight excluding hydrogens is 280 g/mol. The van der Waals surface area contributed by atoms with Crippen molar-refractivity contribution < 1.29 is 9.21 Å². The summed E-state index contributed by atoms with van der Waals surface area (Å²) in [4.78, 5) is 16.0. The first-order chi connectivity index (χ1) is 10.6. The first-order valence-corrected chi connectivity index (χ1v) is 7.93. The zero-order valence-electron chi connectivity index (χ0n) is 13.8. The average Bonchev–Trinajstić information content (AvgIpc) is 3.00. The molecule has 3 N–H and O–H groups in total. The highest BCUT2D eigenvalue weighted by molar-refractivity contribution is 5.84. The van der Waals surface area contributed by atoms with Gasteiger partial charge in [0.25, 0.3) is 0 Å². The van der Waals surface area contributed by atoms with Crippen LogP contribution in [0.3, 0.4) is 0 Å². The Morgan fingerprint density at radius 3 is 2.77 bits per heavy atom. The molecule has 0 unspecified atom stereocenters. The Morgan fingerprint density at radius 1 is 1.32 bits per heavy atom. The van der Waals surface area contributed by atoms with Crippen LogP contribution in [0.4, 0.5) is 0 Å². The number of nitrogens with one attached hydrogen (secondary N) is 3. The molecule has 1 aromatic heterocycles. The minimum absolute atomic E-state index is 0.0974. The maximum Gasteiger partial charge on any atom is 0.242 e. The molecule has 0 spiro atoms. The Labute approximate surface area is 132 Å². The smallest absolute Gasteiger partial charge is 0.242 e. The van der Waals surface area contributed by atoms with Gasteiger partial charge >= 0.3 is 0 Å². The maximum absolute atomic E-state index is 11.8. The van der Waals surface area contributed by atoms with Gasteiger partial charge in [0.2, 0.25) is 5.91 Å². The third-order valence-corrected chi connectivity index (χ3v) is 3.02. The molecule has 1 aromatic rings. The Morgan fingerprint density at radius 2 is 2.14 bits per heavy atom. The van der Waals surface area contributed by atoms with Crippen LogP contribution >= 0.6 is 0 Å². The largest absolute Gasteiger partial charge is 0.467 e.